The number of thiophene rings is 1. The molecule has 2 N–H and O–H groups in total. The van der Waals surface area contributed by atoms with Gasteiger partial charge < -0.3 is 10.6 Å². The molecule has 1 amide bonds. The number of hydrogen-bond acceptors (Lipinski definition) is 3. The van der Waals surface area contributed by atoms with E-state index in [4.69, 9.17) is 0 Å². The van der Waals surface area contributed by atoms with Crippen LogP contribution in [-0.2, 0) is 4.79 Å². The Morgan fingerprint density at radius 1 is 1.33 bits per heavy atom. The number of carbonyl (C=O) groups is 1. The number of piperidine rings is 1. The molecule has 3 nitrogen and oxygen atoms in total. The van der Waals surface area contributed by atoms with E-state index < -0.39 is 0 Å². The molecule has 18 heavy (non-hydrogen) atoms. The molecular weight excluding hydrogens is 244 g/mol. The van der Waals surface area contributed by atoms with Crippen molar-refractivity contribution < 1.29 is 4.79 Å². The number of nitrogens with one attached hydrogen (secondary N) is 2. The molecule has 0 unspecified atom stereocenters. The second kappa shape index (κ2) is 5.08. The van der Waals surface area contributed by atoms with Gasteiger partial charge in [0.15, 0.2) is 0 Å². The Labute approximate surface area is 110 Å². The van der Waals surface area contributed by atoms with Crippen LogP contribution in [0.3, 0.4) is 0 Å². The van der Waals surface area contributed by atoms with Gasteiger partial charge >= 0.3 is 0 Å². The van der Waals surface area contributed by atoms with Crippen molar-refractivity contribution in [1.82, 2.24) is 5.32 Å². The minimum atomic E-state index is -0.0306. The summed E-state index contributed by atoms with van der Waals surface area (Å²) in [5.74, 6) is 0.0873. The zero-order valence-corrected chi connectivity index (χ0v) is 10.9. The molecule has 1 aliphatic heterocycles. The predicted molar refractivity (Wildman–Crippen MR) is 76.1 cm³/mol. The summed E-state index contributed by atoms with van der Waals surface area (Å²) < 4.78 is 1.25. The van der Waals surface area contributed by atoms with Crippen molar-refractivity contribution >= 4 is 33.0 Å². The Morgan fingerprint density at radius 3 is 3.11 bits per heavy atom. The molecular formula is C14H16N2OS. The molecule has 1 fully saturated rings. The van der Waals surface area contributed by atoms with E-state index in [1.165, 1.54) is 16.5 Å². The molecule has 0 saturated carbocycles. The second-order valence-electron chi connectivity index (χ2n) is 4.66. The third-order valence-electron chi connectivity index (χ3n) is 3.35. The van der Waals surface area contributed by atoms with E-state index in [0.717, 1.165) is 25.1 Å². The standard InChI is InChI=1S/C14H16N2OS/c17-14(12-3-1-2-7-15-12)16-11-4-5-13-10(9-11)6-8-18-13/h4-6,8-9,12,15H,1-3,7H2,(H,16,17)/t12-/m1/s1. The van der Waals surface area contributed by atoms with Crippen LogP contribution in [0.4, 0.5) is 5.69 Å². The summed E-state index contributed by atoms with van der Waals surface area (Å²) in [5.41, 5.74) is 0.887. The molecule has 1 aromatic carbocycles. The van der Waals surface area contributed by atoms with Crippen LogP contribution in [0.5, 0.6) is 0 Å². The fraction of sp³-hybridized carbons (Fsp3) is 0.357. The van der Waals surface area contributed by atoms with Crippen molar-refractivity contribution in [3.63, 3.8) is 0 Å². The topological polar surface area (TPSA) is 41.1 Å². The highest BCUT2D eigenvalue weighted by Gasteiger charge is 2.20. The van der Waals surface area contributed by atoms with Crippen LogP contribution < -0.4 is 10.6 Å². The number of anilines is 1. The Kier molecular flexibility index (Phi) is 3.30. The first kappa shape index (κ1) is 11.7. The fourth-order valence-corrected chi connectivity index (χ4v) is 3.12. The highest BCUT2D eigenvalue weighted by atomic mass is 32.1. The average molecular weight is 260 g/mol. The van der Waals surface area contributed by atoms with E-state index in [1.807, 2.05) is 12.1 Å². The van der Waals surface area contributed by atoms with Crippen LogP contribution in [0.15, 0.2) is 29.6 Å². The largest absolute Gasteiger partial charge is 0.325 e. The van der Waals surface area contributed by atoms with Gasteiger partial charge in [-0.1, -0.05) is 6.42 Å². The van der Waals surface area contributed by atoms with E-state index in [2.05, 4.69) is 28.1 Å². The van der Waals surface area contributed by atoms with Crippen molar-refractivity contribution in [2.75, 3.05) is 11.9 Å². The lowest BCUT2D eigenvalue weighted by Crippen LogP contribution is -2.43. The van der Waals surface area contributed by atoms with E-state index in [1.54, 1.807) is 11.3 Å². The number of amides is 1. The van der Waals surface area contributed by atoms with E-state index >= 15 is 0 Å². The number of benzene rings is 1. The van der Waals surface area contributed by atoms with Gasteiger partial charge in [-0.25, -0.2) is 0 Å². The third kappa shape index (κ3) is 2.40. The summed E-state index contributed by atoms with van der Waals surface area (Å²) in [6, 6.07) is 8.11. The van der Waals surface area contributed by atoms with Crippen LogP contribution in [-0.4, -0.2) is 18.5 Å². The molecule has 0 bridgehead atoms. The van der Waals surface area contributed by atoms with Crippen LogP contribution in [0.1, 0.15) is 19.3 Å². The van der Waals surface area contributed by atoms with Crippen LogP contribution in [0.2, 0.25) is 0 Å². The zero-order chi connectivity index (χ0) is 12.4. The molecule has 0 radical (unpaired) electrons. The summed E-state index contributed by atoms with van der Waals surface area (Å²) in [4.78, 5) is 12.1. The smallest absolute Gasteiger partial charge is 0.241 e. The van der Waals surface area contributed by atoms with Crippen molar-refractivity contribution in [3.05, 3.63) is 29.6 Å². The molecule has 0 aliphatic carbocycles. The molecule has 94 valence electrons. The maximum atomic E-state index is 12.1. The lowest BCUT2D eigenvalue weighted by molar-refractivity contribution is -0.118. The molecule has 2 heterocycles. The molecule has 2 aromatic rings. The van der Waals surface area contributed by atoms with E-state index in [-0.39, 0.29) is 11.9 Å². The summed E-state index contributed by atoms with van der Waals surface area (Å²) in [5, 5.41) is 9.52. The normalized spacial score (nSPS) is 19.9. The second-order valence-corrected chi connectivity index (χ2v) is 5.61. The van der Waals surface area contributed by atoms with Gasteiger partial charge in [-0.05, 0) is 54.4 Å². The molecule has 1 atom stereocenters. The van der Waals surface area contributed by atoms with Crippen LogP contribution in [0, 0.1) is 0 Å². The predicted octanol–water partition coefficient (Wildman–Crippen LogP) is 2.98. The van der Waals surface area contributed by atoms with Gasteiger partial charge in [0.25, 0.3) is 0 Å². The molecule has 0 spiro atoms. The fourth-order valence-electron chi connectivity index (χ4n) is 2.35. The van der Waals surface area contributed by atoms with Gasteiger partial charge in [-0.3, -0.25) is 4.79 Å². The Balaban J connectivity index is 1.72. The van der Waals surface area contributed by atoms with Gasteiger partial charge in [-0.15, -0.1) is 11.3 Å². The Morgan fingerprint density at radius 2 is 2.28 bits per heavy atom. The first-order chi connectivity index (χ1) is 8.83. The molecule has 4 heteroatoms. The molecule has 1 aliphatic rings. The quantitative estimate of drug-likeness (QED) is 0.871. The highest BCUT2D eigenvalue weighted by Crippen LogP contribution is 2.24. The molecule has 1 saturated heterocycles. The zero-order valence-electron chi connectivity index (χ0n) is 10.1. The molecule has 1 aromatic heterocycles. The Bertz CT molecular complexity index is 558. The minimum Gasteiger partial charge on any atom is -0.325 e. The monoisotopic (exact) mass is 260 g/mol. The summed E-state index contributed by atoms with van der Waals surface area (Å²) in [6.45, 7) is 0.946. The minimum absolute atomic E-state index is 0.0306. The average Bonchev–Trinajstić information content (AvgIpc) is 2.87. The van der Waals surface area contributed by atoms with Gasteiger partial charge in [0.1, 0.15) is 0 Å². The Hall–Kier alpha value is -1.39. The van der Waals surface area contributed by atoms with Crippen molar-refractivity contribution in [2.45, 2.75) is 25.3 Å². The maximum absolute atomic E-state index is 12.1. The van der Waals surface area contributed by atoms with Crippen molar-refractivity contribution in [2.24, 2.45) is 0 Å². The summed E-state index contributed by atoms with van der Waals surface area (Å²) in [7, 11) is 0. The molecule has 3 rings (SSSR count). The first-order valence-electron chi connectivity index (χ1n) is 6.34. The van der Waals surface area contributed by atoms with Gasteiger partial charge in [0, 0.05) is 10.4 Å². The SMILES string of the molecule is O=C(Nc1ccc2sccc2c1)[C@H]1CCCCN1. The number of rotatable bonds is 2. The van der Waals surface area contributed by atoms with Crippen molar-refractivity contribution in [3.8, 4) is 0 Å². The summed E-state index contributed by atoms with van der Waals surface area (Å²) in [6.07, 6.45) is 3.24. The van der Waals surface area contributed by atoms with Gasteiger partial charge in [0.05, 0.1) is 6.04 Å². The number of hydrogen-bond donors (Lipinski definition) is 2. The maximum Gasteiger partial charge on any atom is 0.241 e. The van der Waals surface area contributed by atoms with Crippen LogP contribution >= 0.6 is 11.3 Å². The van der Waals surface area contributed by atoms with Crippen molar-refractivity contribution in [1.29, 1.82) is 0 Å². The van der Waals surface area contributed by atoms with E-state index in [9.17, 15) is 4.79 Å². The first-order valence-corrected chi connectivity index (χ1v) is 7.22. The van der Waals surface area contributed by atoms with E-state index in [0.29, 0.717) is 0 Å². The number of carbonyl (C=O) groups excluding carboxylic acids is 1. The summed E-state index contributed by atoms with van der Waals surface area (Å²) >= 11 is 1.72. The lowest BCUT2D eigenvalue weighted by Gasteiger charge is -2.22. The van der Waals surface area contributed by atoms with Gasteiger partial charge in [0.2, 0.25) is 5.91 Å². The van der Waals surface area contributed by atoms with Crippen LogP contribution in [0.25, 0.3) is 10.1 Å². The number of fused-ring (bicyclic) bond motifs is 1. The lowest BCUT2D eigenvalue weighted by atomic mass is 10.0. The highest BCUT2D eigenvalue weighted by molar-refractivity contribution is 7.17. The van der Waals surface area contributed by atoms with Gasteiger partial charge in [-0.2, -0.15) is 0 Å². The third-order valence-corrected chi connectivity index (χ3v) is 4.24.